The number of hydrogen-bond donors (Lipinski definition) is 2. The van der Waals surface area contributed by atoms with E-state index in [1.807, 2.05) is 30.6 Å². The smallest absolute Gasteiger partial charge is 0.191 e. The molecule has 0 saturated heterocycles. The fourth-order valence-corrected chi connectivity index (χ4v) is 2.23. The van der Waals surface area contributed by atoms with Gasteiger partial charge in [-0.05, 0) is 11.5 Å². The van der Waals surface area contributed by atoms with Crippen molar-refractivity contribution in [1.82, 2.24) is 20.2 Å². The van der Waals surface area contributed by atoms with Crippen LogP contribution < -0.4 is 10.6 Å². The van der Waals surface area contributed by atoms with Gasteiger partial charge in [-0.1, -0.05) is 44.2 Å². The van der Waals surface area contributed by atoms with Crippen molar-refractivity contribution in [1.29, 1.82) is 0 Å². The summed E-state index contributed by atoms with van der Waals surface area (Å²) in [7, 11) is 1.78. The second-order valence-corrected chi connectivity index (χ2v) is 5.65. The maximum absolute atomic E-state index is 4.41. The molecule has 2 aromatic rings. The van der Waals surface area contributed by atoms with Crippen molar-refractivity contribution in [3.63, 3.8) is 0 Å². The molecule has 0 unspecified atom stereocenters. The lowest BCUT2D eigenvalue weighted by atomic mass is 10.2. The zero-order valence-electron chi connectivity index (χ0n) is 13.6. The molecule has 0 fully saturated rings. The Balaban J connectivity index is 1.85. The van der Waals surface area contributed by atoms with Crippen molar-refractivity contribution in [2.45, 2.75) is 33.5 Å². The number of rotatable bonds is 6. The molecule has 118 valence electrons. The summed E-state index contributed by atoms with van der Waals surface area (Å²) in [4.78, 5) is 8.66. The molecule has 22 heavy (non-hydrogen) atoms. The Morgan fingerprint density at radius 3 is 2.59 bits per heavy atom. The molecule has 0 amide bonds. The Bertz CT molecular complexity index is 586. The SMILES string of the molecule is CN=C(NCc1ccccc1)NCc1nccn1CC(C)C. The lowest BCUT2D eigenvalue weighted by Gasteiger charge is -2.14. The van der Waals surface area contributed by atoms with Crippen LogP contribution in [-0.4, -0.2) is 22.6 Å². The van der Waals surface area contributed by atoms with Crippen LogP contribution in [-0.2, 0) is 19.6 Å². The Hall–Kier alpha value is -2.30. The molecule has 0 bridgehead atoms. The molecule has 0 atom stereocenters. The van der Waals surface area contributed by atoms with Gasteiger partial charge in [0.05, 0.1) is 6.54 Å². The lowest BCUT2D eigenvalue weighted by Crippen LogP contribution is -2.37. The van der Waals surface area contributed by atoms with Gasteiger partial charge in [-0.2, -0.15) is 0 Å². The van der Waals surface area contributed by atoms with Gasteiger partial charge in [0.1, 0.15) is 5.82 Å². The first kappa shape index (κ1) is 16.1. The van der Waals surface area contributed by atoms with Crippen molar-refractivity contribution < 1.29 is 0 Å². The average molecular weight is 299 g/mol. The molecule has 5 heteroatoms. The molecule has 0 aliphatic rings. The van der Waals surface area contributed by atoms with Gasteiger partial charge < -0.3 is 15.2 Å². The number of imidazole rings is 1. The first-order valence-electron chi connectivity index (χ1n) is 7.67. The van der Waals surface area contributed by atoms with Gasteiger partial charge in [0, 0.05) is 32.5 Å². The van der Waals surface area contributed by atoms with E-state index < -0.39 is 0 Å². The molecule has 1 aromatic heterocycles. The minimum Gasteiger partial charge on any atom is -0.352 e. The number of guanidine groups is 1. The highest BCUT2D eigenvalue weighted by atomic mass is 15.2. The van der Waals surface area contributed by atoms with E-state index in [2.05, 4.69) is 51.2 Å². The van der Waals surface area contributed by atoms with Gasteiger partial charge in [0.25, 0.3) is 0 Å². The van der Waals surface area contributed by atoms with E-state index >= 15 is 0 Å². The van der Waals surface area contributed by atoms with Gasteiger partial charge in [-0.3, -0.25) is 4.99 Å². The minimum atomic E-state index is 0.600. The summed E-state index contributed by atoms with van der Waals surface area (Å²) in [6.45, 7) is 6.80. The van der Waals surface area contributed by atoms with E-state index in [1.165, 1.54) is 5.56 Å². The monoisotopic (exact) mass is 299 g/mol. The standard InChI is InChI=1S/C17H25N5/c1-14(2)13-22-10-9-19-16(22)12-21-17(18-3)20-11-15-7-5-4-6-8-15/h4-10,14H,11-13H2,1-3H3,(H2,18,20,21). The van der Waals surface area contributed by atoms with E-state index in [0.717, 1.165) is 24.9 Å². The minimum absolute atomic E-state index is 0.600. The summed E-state index contributed by atoms with van der Waals surface area (Å²) in [5.74, 6) is 2.41. The average Bonchev–Trinajstić information content (AvgIpc) is 2.95. The topological polar surface area (TPSA) is 54.2 Å². The molecule has 1 heterocycles. The van der Waals surface area contributed by atoms with Crippen LogP contribution in [0.5, 0.6) is 0 Å². The van der Waals surface area contributed by atoms with Gasteiger partial charge in [0.15, 0.2) is 5.96 Å². The van der Waals surface area contributed by atoms with Crippen LogP contribution in [0.25, 0.3) is 0 Å². The highest BCUT2D eigenvalue weighted by Gasteiger charge is 2.05. The lowest BCUT2D eigenvalue weighted by molar-refractivity contribution is 0.503. The number of nitrogens with one attached hydrogen (secondary N) is 2. The highest BCUT2D eigenvalue weighted by molar-refractivity contribution is 5.79. The molecule has 1 aromatic carbocycles. The van der Waals surface area contributed by atoms with Crippen molar-refractivity contribution in [3.8, 4) is 0 Å². The Labute approximate surface area is 132 Å². The molecule has 0 saturated carbocycles. The summed E-state index contributed by atoms with van der Waals surface area (Å²) in [6.07, 6.45) is 3.87. The first-order chi connectivity index (χ1) is 10.7. The maximum Gasteiger partial charge on any atom is 0.191 e. The van der Waals surface area contributed by atoms with Crippen molar-refractivity contribution in [3.05, 3.63) is 54.1 Å². The van der Waals surface area contributed by atoms with E-state index in [1.54, 1.807) is 7.05 Å². The van der Waals surface area contributed by atoms with Crippen LogP contribution in [0.1, 0.15) is 25.2 Å². The quantitative estimate of drug-likeness (QED) is 0.636. The number of nitrogens with zero attached hydrogens (tertiary/aromatic N) is 3. The normalized spacial score (nSPS) is 11.7. The summed E-state index contributed by atoms with van der Waals surface area (Å²) < 4.78 is 2.18. The maximum atomic E-state index is 4.41. The Morgan fingerprint density at radius 2 is 1.91 bits per heavy atom. The van der Waals surface area contributed by atoms with Crippen LogP contribution >= 0.6 is 0 Å². The fraction of sp³-hybridized carbons (Fsp3) is 0.412. The van der Waals surface area contributed by atoms with Gasteiger partial charge >= 0.3 is 0 Å². The molecule has 5 nitrogen and oxygen atoms in total. The Morgan fingerprint density at radius 1 is 1.18 bits per heavy atom. The van der Waals surface area contributed by atoms with Gasteiger partial charge in [0.2, 0.25) is 0 Å². The molecule has 2 N–H and O–H groups in total. The summed E-state index contributed by atoms with van der Waals surface area (Å²) in [5.41, 5.74) is 1.23. The number of benzene rings is 1. The molecule has 0 radical (unpaired) electrons. The van der Waals surface area contributed by atoms with E-state index in [9.17, 15) is 0 Å². The number of aliphatic imine (C=N–C) groups is 1. The van der Waals surface area contributed by atoms with Crippen LogP contribution in [0.15, 0.2) is 47.7 Å². The predicted molar refractivity (Wildman–Crippen MR) is 90.5 cm³/mol. The molecule has 2 rings (SSSR count). The third-order valence-electron chi connectivity index (χ3n) is 3.30. The van der Waals surface area contributed by atoms with Gasteiger partial charge in [-0.25, -0.2) is 4.98 Å². The van der Waals surface area contributed by atoms with Gasteiger partial charge in [-0.15, -0.1) is 0 Å². The third-order valence-corrected chi connectivity index (χ3v) is 3.30. The molecular formula is C17H25N5. The zero-order chi connectivity index (χ0) is 15.8. The summed E-state index contributed by atoms with van der Waals surface area (Å²) in [5, 5.41) is 6.62. The molecule has 0 spiro atoms. The highest BCUT2D eigenvalue weighted by Crippen LogP contribution is 2.03. The van der Waals surface area contributed by atoms with E-state index in [0.29, 0.717) is 12.5 Å². The molecule has 0 aliphatic carbocycles. The van der Waals surface area contributed by atoms with Crippen molar-refractivity contribution >= 4 is 5.96 Å². The van der Waals surface area contributed by atoms with Crippen LogP contribution in [0.4, 0.5) is 0 Å². The summed E-state index contributed by atoms with van der Waals surface area (Å²) in [6, 6.07) is 10.3. The van der Waals surface area contributed by atoms with Crippen LogP contribution in [0.3, 0.4) is 0 Å². The largest absolute Gasteiger partial charge is 0.352 e. The molecule has 0 aliphatic heterocycles. The van der Waals surface area contributed by atoms with Crippen LogP contribution in [0, 0.1) is 5.92 Å². The Kier molecular flexibility index (Phi) is 6.01. The fourth-order valence-electron chi connectivity index (χ4n) is 2.23. The van der Waals surface area contributed by atoms with Crippen molar-refractivity contribution in [2.24, 2.45) is 10.9 Å². The van der Waals surface area contributed by atoms with Crippen LogP contribution in [0.2, 0.25) is 0 Å². The number of aromatic nitrogens is 2. The third kappa shape index (κ3) is 4.91. The van der Waals surface area contributed by atoms with Crippen molar-refractivity contribution in [2.75, 3.05) is 7.05 Å². The van der Waals surface area contributed by atoms with E-state index in [-0.39, 0.29) is 0 Å². The molecular weight excluding hydrogens is 274 g/mol. The second-order valence-electron chi connectivity index (χ2n) is 5.65. The first-order valence-corrected chi connectivity index (χ1v) is 7.67. The summed E-state index contributed by atoms with van der Waals surface area (Å²) >= 11 is 0. The zero-order valence-corrected chi connectivity index (χ0v) is 13.6. The number of hydrogen-bond acceptors (Lipinski definition) is 2. The predicted octanol–water partition coefficient (Wildman–Crippen LogP) is 2.40. The van der Waals surface area contributed by atoms with E-state index in [4.69, 9.17) is 0 Å². The second kappa shape index (κ2) is 8.22.